The maximum Gasteiger partial charge on any atom is 0.276 e. The summed E-state index contributed by atoms with van der Waals surface area (Å²) >= 11 is 3.28. The van der Waals surface area contributed by atoms with E-state index in [0.29, 0.717) is 5.69 Å². The zero-order chi connectivity index (χ0) is 11.5. The number of rotatable bonds is 3. The van der Waals surface area contributed by atoms with Gasteiger partial charge in [-0.05, 0) is 28.1 Å². The lowest BCUT2D eigenvalue weighted by Crippen LogP contribution is -2.15. The summed E-state index contributed by atoms with van der Waals surface area (Å²) in [6.45, 7) is -0.229. The van der Waals surface area contributed by atoms with Gasteiger partial charge in [0.1, 0.15) is 5.69 Å². The second-order valence-corrected chi connectivity index (χ2v) is 4.02. The van der Waals surface area contributed by atoms with E-state index in [9.17, 15) is 0 Å². The van der Waals surface area contributed by atoms with E-state index in [2.05, 4.69) is 31.1 Å². The maximum atomic E-state index is 8.84. The molecule has 3 N–H and O–H groups in total. The van der Waals surface area contributed by atoms with Crippen molar-refractivity contribution in [2.24, 2.45) is 5.73 Å². The molecule has 6 nitrogen and oxygen atoms in total. The first-order valence-electron chi connectivity index (χ1n) is 4.52. The summed E-state index contributed by atoms with van der Waals surface area (Å²) in [5.41, 5.74) is 6.11. The standard InChI is InChI=1S/C9H9BrN4O2/c10-5-1-2-7(12-3-5)9-13-8(14-16-9)6(11)4-15/h1-3,6,15H,4,11H2. The van der Waals surface area contributed by atoms with Gasteiger partial charge in [0.15, 0.2) is 5.82 Å². The van der Waals surface area contributed by atoms with Crippen LogP contribution in [-0.4, -0.2) is 26.8 Å². The summed E-state index contributed by atoms with van der Waals surface area (Å²) in [6.07, 6.45) is 1.63. The predicted octanol–water partition coefficient (Wildman–Crippen LogP) is 0.886. The van der Waals surface area contributed by atoms with Crippen LogP contribution in [0.5, 0.6) is 0 Å². The fourth-order valence-corrected chi connectivity index (χ4v) is 1.31. The third-order valence-corrected chi connectivity index (χ3v) is 2.39. The first kappa shape index (κ1) is 11.2. The Morgan fingerprint density at radius 3 is 2.94 bits per heavy atom. The molecule has 7 heteroatoms. The Bertz CT molecular complexity index is 471. The Labute approximate surface area is 99.6 Å². The van der Waals surface area contributed by atoms with Gasteiger partial charge in [-0.25, -0.2) is 4.98 Å². The van der Waals surface area contributed by atoms with Crippen molar-refractivity contribution in [2.45, 2.75) is 6.04 Å². The molecule has 0 radical (unpaired) electrons. The van der Waals surface area contributed by atoms with Gasteiger partial charge >= 0.3 is 0 Å². The Hall–Kier alpha value is -1.31. The molecule has 16 heavy (non-hydrogen) atoms. The second-order valence-electron chi connectivity index (χ2n) is 3.11. The van der Waals surface area contributed by atoms with Crippen LogP contribution in [0, 0.1) is 0 Å². The Morgan fingerprint density at radius 1 is 1.50 bits per heavy atom. The van der Waals surface area contributed by atoms with Gasteiger partial charge in [0.2, 0.25) is 0 Å². The van der Waals surface area contributed by atoms with Crippen LogP contribution in [-0.2, 0) is 0 Å². The van der Waals surface area contributed by atoms with Gasteiger partial charge in [-0.15, -0.1) is 0 Å². The molecule has 0 aliphatic rings. The molecule has 0 amide bonds. The minimum Gasteiger partial charge on any atom is -0.394 e. The van der Waals surface area contributed by atoms with Crippen molar-refractivity contribution >= 4 is 15.9 Å². The normalized spacial score (nSPS) is 12.7. The number of nitrogens with two attached hydrogens (primary N) is 1. The number of hydrogen-bond donors (Lipinski definition) is 2. The van der Waals surface area contributed by atoms with Crippen LogP contribution < -0.4 is 5.73 Å². The molecule has 1 unspecified atom stereocenters. The fourth-order valence-electron chi connectivity index (χ4n) is 1.07. The van der Waals surface area contributed by atoms with Crippen LogP contribution in [0.25, 0.3) is 11.6 Å². The molecule has 2 rings (SSSR count). The minimum absolute atomic E-state index is 0.229. The maximum absolute atomic E-state index is 8.84. The molecule has 0 saturated carbocycles. The lowest BCUT2D eigenvalue weighted by molar-refractivity contribution is 0.260. The Balaban J connectivity index is 2.28. The molecule has 0 saturated heterocycles. The Kier molecular flexibility index (Phi) is 3.28. The predicted molar refractivity (Wildman–Crippen MR) is 59.2 cm³/mol. The van der Waals surface area contributed by atoms with Crippen LogP contribution in [0.1, 0.15) is 11.9 Å². The molecule has 2 heterocycles. The van der Waals surface area contributed by atoms with Gasteiger partial charge in [-0.3, -0.25) is 0 Å². The molecule has 1 atom stereocenters. The van der Waals surface area contributed by atoms with Gasteiger partial charge in [0, 0.05) is 10.7 Å². The molecular weight excluding hydrogens is 276 g/mol. The number of hydrogen-bond acceptors (Lipinski definition) is 6. The molecule has 2 aromatic rings. The quantitative estimate of drug-likeness (QED) is 0.869. The minimum atomic E-state index is -0.632. The van der Waals surface area contributed by atoms with Crippen LogP contribution in [0.2, 0.25) is 0 Å². The van der Waals surface area contributed by atoms with Crippen molar-refractivity contribution in [2.75, 3.05) is 6.61 Å². The lowest BCUT2D eigenvalue weighted by atomic mass is 10.3. The van der Waals surface area contributed by atoms with Crippen LogP contribution in [0.15, 0.2) is 27.3 Å². The third kappa shape index (κ3) is 2.26. The molecule has 0 fully saturated rings. The molecule has 0 aliphatic carbocycles. The summed E-state index contributed by atoms with van der Waals surface area (Å²) < 4.78 is 5.85. The largest absolute Gasteiger partial charge is 0.394 e. The van der Waals surface area contributed by atoms with E-state index >= 15 is 0 Å². The van der Waals surface area contributed by atoms with Crippen molar-refractivity contribution < 1.29 is 9.63 Å². The zero-order valence-electron chi connectivity index (χ0n) is 8.17. The number of pyridine rings is 1. The Morgan fingerprint density at radius 2 is 2.31 bits per heavy atom. The SMILES string of the molecule is NC(CO)c1noc(-c2ccc(Br)cn2)n1. The molecule has 0 bridgehead atoms. The molecule has 0 spiro atoms. The number of aliphatic hydroxyl groups excluding tert-OH is 1. The van der Waals surface area contributed by atoms with Gasteiger partial charge in [-0.1, -0.05) is 5.16 Å². The summed E-state index contributed by atoms with van der Waals surface area (Å²) in [6, 6.07) is 2.93. The molecule has 84 valence electrons. The summed E-state index contributed by atoms with van der Waals surface area (Å²) in [5, 5.41) is 12.5. The molecule has 2 aromatic heterocycles. The van der Waals surface area contributed by atoms with E-state index in [1.807, 2.05) is 6.07 Å². The van der Waals surface area contributed by atoms with Crippen LogP contribution in [0.3, 0.4) is 0 Å². The highest BCUT2D eigenvalue weighted by Gasteiger charge is 2.14. The molecule has 0 aliphatic heterocycles. The van der Waals surface area contributed by atoms with E-state index in [1.165, 1.54) is 0 Å². The van der Waals surface area contributed by atoms with Crippen LogP contribution >= 0.6 is 15.9 Å². The highest BCUT2D eigenvalue weighted by atomic mass is 79.9. The fraction of sp³-hybridized carbons (Fsp3) is 0.222. The topological polar surface area (TPSA) is 98.1 Å². The summed E-state index contributed by atoms with van der Waals surface area (Å²) in [4.78, 5) is 8.14. The number of nitrogens with zero attached hydrogens (tertiary/aromatic N) is 3. The average Bonchev–Trinajstić information content (AvgIpc) is 2.78. The molecule has 0 aromatic carbocycles. The number of aromatic nitrogens is 3. The van der Waals surface area contributed by atoms with E-state index in [0.717, 1.165) is 4.47 Å². The van der Waals surface area contributed by atoms with E-state index in [-0.39, 0.29) is 18.3 Å². The number of halogens is 1. The van der Waals surface area contributed by atoms with Crippen molar-refractivity contribution in [3.8, 4) is 11.6 Å². The summed E-state index contributed by atoms with van der Waals surface area (Å²) in [7, 11) is 0. The van der Waals surface area contributed by atoms with Gasteiger partial charge in [0.05, 0.1) is 12.6 Å². The highest BCUT2D eigenvalue weighted by Crippen LogP contribution is 2.18. The smallest absolute Gasteiger partial charge is 0.276 e. The zero-order valence-corrected chi connectivity index (χ0v) is 9.75. The van der Waals surface area contributed by atoms with Gasteiger partial charge < -0.3 is 15.4 Å². The van der Waals surface area contributed by atoms with Crippen LogP contribution in [0.4, 0.5) is 0 Å². The van der Waals surface area contributed by atoms with Crippen molar-refractivity contribution in [1.29, 1.82) is 0 Å². The first-order valence-corrected chi connectivity index (χ1v) is 5.32. The second kappa shape index (κ2) is 4.69. The third-order valence-electron chi connectivity index (χ3n) is 1.92. The van der Waals surface area contributed by atoms with E-state index < -0.39 is 6.04 Å². The van der Waals surface area contributed by atoms with E-state index in [4.69, 9.17) is 15.4 Å². The van der Waals surface area contributed by atoms with Gasteiger partial charge in [-0.2, -0.15) is 4.98 Å². The van der Waals surface area contributed by atoms with Crippen molar-refractivity contribution in [3.05, 3.63) is 28.6 Å². The summed E-state index contributed by atoms with van der Waals surface area (Å²) in [5.74, 6) is 0.550. The highest BCUT2D eigenvalue weighted by molar-refractivity contribution is 9.10. The van der Waals surface area contributed by atoms with E-state index in [1.54, 1.807) is 12.3 Å². The van der Waals surface area contributed by atoms with Crippen molar-refractivity contribution in [1.82, 2.24) is 15.1 Å². The van der Waals surface area contributed by atoms with Gasteiger partial charge in [0.25, 0.3) is 5.89 Å². The monoisotopic (exact) mass is 284 g/mol. The average molecular weight is 285 g/mol. The number of aliphatic hydroxyl groups is 1. The first-order chi connectivity index (χ1) is 7.70. The van der Waals surface area contributed by atoms with Crippen molar-refractivity contribution in [3.63, 3.8) is 0 Å². The lowest BCUT2D eigenvalue weighted by Gasteiger charge is -1.98. The molecular formula is C9H9BrN4O2.